The van der Waals surface area contributed by atoms with Gasteiger partial charge in [-0.15, -0.1) is 0 Å². The number of nitrogens with two attached hydrogens (primary N) is 1. The summed E-state index contributed by atoms with van der Waals surface area (Å²) in [7, 11) is 0. The first-order valence-electron chi connectivity index (χ1n) is 10.4. The minimum absolute atomic E-state index is 0.0714. The second-order valence-corrected chi connectivity index (χ2v) is 8.22. The number of benzene rings is 1. The highest BCUT2D eigenvalue weighted by Crippen LogP contribution is 2.39. The Morgan fingerprint density at radius 3 is 2.61 bits per heavy atom. The van der Waals surface area contributed by atoms with Crippen LogP contribution in [0.25, 0.3) is 11.0 Å². The van der Waals surface area contributed by atoms with Gasteiger partial charge in [-0.25, -0.2) is 4.98 Å². The molecule has 0 spiro atoms. The number of nitrogens with one attached hydrogen (secondary N) is 2. The maximum absolute atomic E-state index is 13.3. The molecular weight excluding hydrogens is 392 g/mol. The molecule has 2 fully saturated rings. The third-order valence-corrected chi connectivity index (χ3v) is 6.45. The molecule has 5 rings (SSSR count). The van der Waals surface area contributed by atoms with Crippen LogP contribution in [-0.2, 0) is 0 Å². The Morgan fingerprint density at radius 2 is 1.90 bits per heavy atom. The molecule has 156 valence electrons. The van der Waals surface area contributed by atoms with E-state index in [1.807, 2.05) is 11.0 Å². The molecule has 2 aromatic heterocycles. The molecule has 2 aliphatic heterocycles. The van der Waals surface area contributed by atoms with Gasteiger partial charge in [-0.1, -0.05) is 12.1 Å². The van der Waals surface area contributed by atoms with Crippen molar-refractivity contribution in [3.63, 3.8) is 0 Å². The Kier molecular flexibility index (Phi) is 4.59. The zero-order chi connectivity index (χ0) is 21.5. The summed E-state index contributed by atoms with van der Waals surface area (Å²) < 4.78 is 0. The number of hydrogen-bond donors (Lipinski definition) is 3. The van der Waals surface area contributed by atoms with E-state index in [1.54, 1.807) is 30.5 Å². The molecule has 31 heavy (non-hydrogen) atoms. The normalized spacial score (nSPS) is 22.3. The summed E-state index contributed by atoms with van der Waals surface area (Å²) in [4.78, 5) is 34.5. The van der Waals surface area contributed by atoms with Crippen molar-refractivity contribution in [1.29, 1.82) is 5.26 Å². The van der Waals surface area contributed by atoms with Crippen molar-refractivity contribution >= 4 is 28.5 Å². The molecule has 0 saturated carbocycles. The molecule has 2 bridgehead atoms. The summed E-state index contributed by atoms with van der Waals surface area (Å²) in [5, 5.41) is 13.7. The summed E-state index contributed by atoms with van der Waals surface area (Å²) in [5.41, 5.74) is 8.21. The molecule has 4 heterocycles. The number of aromatic nitrogens is 2. The highest BCUT2D eigenvalue weighted by Gasteiger charge is 2.44. The van der Waals surface area contributed by atoms with Crippen molar-refractivity contribution in [1.82, 2.24) is 14.9 Å². The minimum atomic E-state index is -0.526. The standard InChI is InChI=1S/C23H22N6O2/c24-11-13-3-1-2-4-17(13)23(31)29-15-5-6-16(29)10-14(9-15)28-20-18-7-8-26-22(18)27-12-19(20)21(25)30/h1-4,7-8,12,14-16H,5-6,9-10H2,(H2,25,30)(H2,26,27,28)/t14?,15-,16+. The molecule has 1 unspecified atom stereocenters. The lowest BCUT2D eigenvalue weighted by Gasteiger charge is -2.40. The molecule has 3 aromatic rings. The fraction of sp³-hybridized carbons (Fsp3) is 0.304. The molecule has 1 aromatic carbocycles. The van der Waals surface area contributed by atoms with Gasteiger partial charge in [0.2, 0.25) is 0 Å². The van der Waals surface area contributed by atoms with Crippen molar-refractivity contribution < 1.29 is 9.59 Å². The average molecular weight is 414 g/mol. The maximum atomic E-state index is 13.3. The van der Waals surface area contributed by atoms with E-state index in [4.69, 9.17) is 5.73 Å². The third-order valence-electron chi connectivity index (χ3n) is 6.45. The third kappa shape index (κ3) is 3.19. The highest BCUT2D eigenvalue weighted by molar-refractivity contribution is 6.06. The Balaban J connectivity index is 1.40. The molecule has 0 aliphatic carbocycles. The smallest absolute Gasteiger partial charge is 0.255 e. The van der Waals surface area contributed by atoms with Gasteiger partial charge in [0, 0.05) is 35.9 Å². The first-order valence-corrected chi connectivity index (χ1v) is 10.4. The van der Waals surface area contributed by atoms with E-state index in [2.05, 4.69) is 21.4 Å². The number of anilines is 1. The molecule has 3 atom stereocenters. The van der Waals surface area contributed by atoms with Gasteiger partial charge >= 0.3 is 0 Å². The van der Waals surface area contributed by atoms with Crippen LogP contribution >= 0.6 is 0 Å². The van der Waals surface area contributed by atoms with Gasteiger partial charge in [0.1, 0.15) is 5.65 Å². The van der Waals surface area contributed by atoms with E-state index in [0.717, 1.165) is 31.1 Å². The van der Waals surface area contributed by atoms with E-state index < -0.39 is 5.91 Å². The number of aromatic amines is 1. The molecule has 2 saturated heterocycles. The van der Waals surface area contributed by atoms with Gasteiger partial charge in [0.05, 0.1) is 28.4 Å². The predicted octanol–water partition coefficient (Wildman–Crippen LogP) is 2.78. The van der Waals surface area contributed by atoms with Crippen LogP contribution in [0, 0.1) is 11.3 Å². The second kappa shape index (κ2) is 7.43. The monoisotopic (exact) mass is 414 g/mol. The second-order valence-electron chi connectivity index (χ2n) is 8.22. The largest absolute Gasteiger partial charge is 0.381 e. The number of fused-ring (bicyclic) bond motifs is 3. The van der Waals surface area contributed by atoms with E-state index in [0.29, 0.717) is 28.0 Å². The number of hydrogen-bond acceptors (Lipinski definition) is 5. The number of H-pyrrole nitrogens is 1. The van der Waals surface area contributed by atoms with Crippen molar-refractivity contribution in [3.05, 3.63) is 59.4 Å². The van der Waals surface area contributed by atoms with E-state index >= 15 is 0 Å². The van der Waals surface area contributed by atoms with Crippen molar-refractivity contribution in [2.75, 3.05) is 5.32 Å². The quantitative estimate of drug-likeness (QED) is 0.605. The van der Waals surface area contributed by atoms with E-state index in [1.165, 1.54) is 6.20 Å². The topological polar surface area (TPSA) is 128 Å². The summed E-state index contributed by atoms with van der Waals surface area (Å²) in [6.45, 7) is 0. The lowest BCUT2D eigenvalue weighted by molar-refractivity contribution is 0.0582. The van der Waals surface area contributed by atoms with Crippen LogP contribution in [0.4, 0.5) is 5.69 Å². The lowest BCUT2D eigenvalue weighted by Crippen LogP contribution is -2.50. The Labute approximate surface area is 179 Å². The number of carbonyl (C=O) groups is 2. The number of nitrogens with zero attached hydrogens (tertiary/aromatic N) is 3. The molecule has 8 heteroatoms. The number of nitriles is 1. The Bertz CT molecular complexity index is 1210. The summed E-state index contributed by atoms with van der Waals surface area (Å²) >= 11 is 0. The predicted molar refractivity (Wildman–Crippen MR) is 115 cm³/mol. The number of carbonyl (C=O) groups excluding carboxylic acids is 2. The number of pyridine rings is 1. The van der Waals surface area contributed by atoms with Crippen LogP contribution in [0.2, 0.25) is 0 Å². The van der Waals surface area contributed by atoms with Gasteiger partial charge < -0.3 is 20.9 Å². The summed E-state index contributed by atoms with van der Waals surface area (Å²) in [5.74, 6) is -0.598. The lowest BCUT2D eigenvalue weighted by atomic mass is 9.95. The van der Waals surface area contributed by atoms with E-state index in [-0.39, 0.29) is 24.0 Å². The first kappa shape index (κ1) is 19.1. The van der Waals surface area contributed by atoms with Crippen LogP contribution in [0.5, 0.6) is 0 Å². The summed E-state index contributed by atoms with van der Waals surface area (Å²) in [6, 6.07) is 11.3. The first-order chi connectivity index (χ1) is 15.1. The fourth-order valence-corrected chi connectivity index (χ4v) is 5.09. The van der Waals surface area contributed by atoms with Crippen molar-refractivity contribution in [2.45, 2.75) is 43.8 Å². The van der Waals surface area contributed by atoms with Crippen LogP contribution in [0.1, 0.15) is 52.0 Å². The summed E-state index contributed by atoms with van der Waals surface area (Å²) in [6.07, 6.45) is 6.68. The van der Waals surface area contributed by atoms with Gasteiger partial charge in [-0.05, 0) is 43.9 Å². The van der Waals surface area contributed by atoms with Gasteiger partial charge in [-0.3, -0.25) is 9.59 Å². The van der Waals surface area contributed by atoms with Crippen molar-refractivity contribution in [3.8, 4) is 6.07 Å². The molecular formula is C23H22N6O2. The van der Waals surface area contributed by atoms with Gasteiger partial charge in [0.25, 0.3) is 11.8 Å². The van der Waals surface area contributed by atoms with Crippen molar-refractivity contribution in [2.24, 2.45) is 5.73 Å². The molecule has 8 nitrogen and oxygen atoms in total. The average Bonchev–Trinajstić information content (AvgIpc) is 3.36. The van der Waals surface area contributed by atoms with Crippen LogP contribution in [0.3, 0.4) is 0 Å². The van der Waals surface area contributed by atoms with Gasteiger partial charge in [0.15, 0.2) is 0 Å². The molecule has 4 N–H and O–H groups in total. The zero-order valence-electron chi connectivity index (χ0n) is 16.8. The number of rotatable bonds is 4. The molecule has 2 amide bonds. The molecule has 2 aliphatic rings. The van der Waals surface area contributed by atoms with Gasteiger partial charge in [-0.2, -0.15) is 5.26 Å². The minimum Gasteiger partial charge on any atom is -0.381 e. The Hall–Kier alpha value is -3.86. The highest BCUT2D eigenvalue weighted by atomic mass is 16.2. The van der Waals surface area contributed by atoms with Crippen LogP contribution < -0.4 is 11.1 Å². The number of amides is 2. The van der Waals surface area contributed by atoms with E-state index in [9.17, 15) is 14.9 Å². The van der Waals surface area contributed by atoms with Crippen LogP contribution in [0.15, 0.2) is 42.7 Å². The Morgan fingerprint density at radius 1 is 1.16 bits per heavy atom. The SMILES string of the molecule is N#Cc1ccccc1C(=O)N1[C@@H]2CC[C@H]1CC(Nc1c(C(N)=O)cnc3[nH]ccc13)C2. The van der Waals surface area contributed by atoms with Crippen LogP contribution in [-0.4, -0.2) is 44.8 Å². The zero-order valence-corrected chi connectivity index (χ0v) is 16.8. The maximum Gasteiger partial charge on any atom is 0.255 e. The number of primary amides is 1. The fourth-order valence-electron chi connectivity index (χ4n) is 5.09. The number of piperidine rings is 1. The molecule has 0 radical (unpaired) electrons.